The maximum atomic E-state index is 11.7. The van der Waals surface area contributed by atoms with Gasteiger partial charge in [0.2, 0.25) is 5.95 Å². The van der Waals surface area contributed by atoms with Gasteiger partial charge in [-0.2, -0.15) is 15.2 Å². The highest BCUT2D eigenvalue weighted by Crippen LogP contribution is 2.28. The molecule has 3 aromatic rings. The summed E-state index contributed by atoms with van der Waals surface area (Å²) >= 11 is 3.43. The van der Waals surface area contributed by atoms with Gasteiger partial charge in [0.1, 0.15) is 0 Å². The number of halogens is 1. The lowest BCUT2D eigenvalue weighted by Crippen LogP contribution is -2.32. The molecule has 31 heavy (non-hydrogen) atoms. The van der Waals surface area contributed by atoms with Gasteiger partial charge in [-0.25, -0.2) is 9.78 Å². The first-order valence-electron chi connectivity index (χ1n) is 9.93. The van der Waals surface area contributed by atoms with Gasteiger partial charge in [0, 0.05) is 42.4 Å². The van der Waals surface area contributed by atoms with Gasteiger partial charge in [-0.05, 0) is 32.0 Å². The quantitative estimate of drug-likeness (QED) is 0.471. The van der Waals surface area contributed by atoms with Crippen molar-refractivity contribution >= 4 is 50.6 Å². The van der Waals surface area contributed by atoms with Crippen LogP contribution in [0.15, 0.2) is 29.0 Å². The van der Waals surface area contributed by atoms with Crippen LogP contribution in [0.4, 0.5) is 22.2 Å². The smallest absolute Gasteiger partial charge is 0.317 e. The summed E-state index contributed by atoms with van der Waals surface area (Å²) in [6, 6.07) is 7.63. The van der Waals surface area contributed by atoms with E-state index < -0.39 is 0 Å². The highest BCUT2D eigenvalue weighted by atomic mass is 79.9. The molecule has 0 aliphatic carbocycles. The molecule has 1 fully saturated rings. The number of benzene rings is 1. The van der Waals surface area contributed by atoms with Crippen molar-refractivity contribution in [2.24, 2.45) is 0 Å². The van der Waals surface area contributed by atoms with Crippen LogP contribution in [0.1, 0.15) is 25.5 Å². The highest BCUT2D eigenvalue weighted by molar-refractivity contribution is 9.10. The van der Waals surface area contributed by atoms with E-state index in [2.05, 4.69) is 66.7 Å². The summed E-state index contributed by atoms with van der Waals surface area (Å²) in [6.45, 7) is 6.55. The predicted molar refractivity (Wildman–Crippen MR) is 121 cm³/mol. The number of hydrogen-bond donors (Lipinski definition) is 3. The zero-order valence-electron chi connectivity index (χ0n) is 17.2. The Morgan fingerprint density at radius 2 is 2.16 bits per heavy atom. The number of imidazole rings is 1. The van der Waals surface area contributed by atoms with Crippen LogP contribution in [0.2, 0.25) is 0 Å². The van der Waals surface area contributed by atoms with E-state index >= 15 is 0 Å². The number of hydrogen-bond acceptors (Lipinski definition) is 7. The Morgan fingerprint density at radius 1 is 1.32 bits per heavy atom. The van der Waals surface area contributed by atoms with Crippen LogP contribution in [0.25, 0.3) is 11.2 Å². The maximum Gasteiger partial charge on any atom is 0.317 e. The van der Waals surface area contributed by atoms with Gasteiger partial charge in [0.25, 0.3) is 0 Å². The van der Waals surface area contributed by atoms with E-state index in [1.807, 2.05) is 10.6 Å². The summed E-state index contributed by atoms with van der Waals surface area (Å²) in [4.78, 5) is 27.2. The molecule has 2 amide bonds. The zero-order valence-corrected chi connectivity index (χ0v) is 18.8. The normalized spacial score (nSPS) is 13.5. The summed E-state index contributed by atoms with van der Waals surface area (Å²) < 4.78 is 2.76. The second-order valence-electron chi connectivity index (χ2n) is 7.42. The van der Waals surface area contributed by atoms with Crippen molar-refractivity contribution in [1.82, 2.24) is 29.7 Å². The number of nitriles is 1. The standard InChI is InChI=1S/C20H22BrN9O/c1-12(2)30-11-25-16-17(26-15-8-13(10-22)7-14(21)9-15)27-19(28-18(16)30)23-3-5-29-6-4-24-20(29)31/h7-9,11-12H,3-6H2,1-2H3,(H,24,31)(H2,23,26,27,28). The largest absolute Gasteiger partial charge is 0.352 e. The van der Waals surface area contributed by atoms with Crippen LogP contribution in [0.5, 0.6) is 0 Å². The number of aromatic nitrogens is 4. The maximum absolute atomic E-state index is 11.7. The molecule has 0 unspecified atom stereocenters. The van der Waals surface area contributed by atoms with Gasteiger partial charge < -0.3 is 25.4 Å². The summed E-state index contributed by atoms with van der Waals surface area (Å²) in [5.41, 5.74) is 2.57. The molecule has 0 radical (unpaired) electrons. The second kappa shape index (κ2) is 8.77. The van der Waals surface area contributed by atoms with Gasteiger partial charge in [-0.1, -0.05) is 15.9 Å². The Hall–Kier alpha value is -3.39. The molecule has 1 aliphatic heterocycles. The van der Waals surface area contributed by atoms with Gasteiger partial charge >= 0.3 is 6.03 Å². The molecule has 3 N–H and O–H groups in total. The van der Waals surface area contributed by atoms with E-state index in [1.54, 1.807) is 23.4 Å². The van der Waals surface area contributed by atoms with Crippen molar-refractivity contribution in [2.75, 3.05) is 36.8 Å². The summed E-state index contributed by atoms with van der Waals surface area (Å²) in [5.74, 6) is 0.973. The fourth-order valence-electron chi connectivity index (χ4n) is 3.35. The second-order valence-corrected chi connectivity index (χ2v) is 8.34. The van der Waals surface area contributed by atoms with Gasteiger partial charge in [0.15, 0.2) is 17.0 Å². The number of fused-ring (bicyclic) bond motifs is 1. The number of carbonyl (C=O) groups excluding carboxylic acids is 1. The van der Waals surface area contributed by atoms with Crippen molar-refractivity contribution in [3.8, 4) is 6.07 Å². The predicted octanol–water partition coefficient (Wildman–Crippen LogP) is 3.22. The van der Waals surface area contributed by atoms with Gasteiger partial charge in [-0.3, -0.25) is 0 Å². The molecule has 10 nitrogen and oxygen atoms in total. The van der Waals surface area contributed by atoms with Crippen LogP contribution in [0, 0.1) is 11.3 Å². The van der Waals surface area contributed by atoms with Crippen molar-refractivity contribution in [1.29, 1.82) is 5.26 Å². The number of nitrogens with one attached hydrogen (secondary N) is 3. The van der Waals surface area contributed by atoms with Gasteiger partial charge in [0.05, 0.1) is 18.0 Å². The minimum Gasteiger partial charge on any atom is -0.352 e. The van der Waals surface area contributed by atoms with E-state index in [0.29, 0.717) is 60.4 Å². The average Bonchev–Trinajstić information content (AvgIpc) is 3.34. The van der Waals surface area contributed by atoms with Crippen LogP contribution in [0.3, 0.4) is 0 Å². The minimum absolute atomic E-state index is 0.0543. The average molecular weight is 484 g/mol. The first-order chi connectivity index (χ1) is 14.9. The molecular formula is C20H22BrN9O. The Kier molecular flexibility index (Phi) is 5.90. The van der Waals surface area contributed by atoms with Crippen LogP contribution in [-0.4, -0.2) is 56.6 Å². The first kappa shape index (κ1) is 20.9. The molecular weight excluding hydrogens is 462 g/mol. The number of carbonyl (C=O) groups is 1. The van der Waals surface area contributed by atoms with E-state index in [9.17, 15) is 10.1 Å². The Balaban J connectivity index is 1.64. The zero-order chi connectivity index (χ0) is 22.0. The lowest BCUT2D eigenvalue weighted by Gasteiger charge is -2.15. The van der Waals surface area contributed by atoms with Crippen LogP contribution >= 0.6 is 15.9 Å². The number of anilines is 3. The number of urea groups is 1. The summed E-state index contributed by atoms with van der Waals surface area (Å²) in [6.07, 6.45) is 1.75. The molecule has 2 aromatic heterocycles. The van der Waals surface area contributed by atoms with Gasteiger partial charge in [-0.15, -0.1) is 0 Å². The monoisotopic (exact) mass is 483 g/mol. The molecule has 0 spiro atoms. The molecule has 0 bridgehead atoms. The third-order valence-electron chi connectivity index (χ3n) is 4.88. The van der Waals surface area contributed by atoms with Crippen molar-refractivity contribution in [3.05, 3.63) is 34.6 Å². The number of amides is 2. The van der Waals surface area contributed by atoms with Crippen molar-refractivity contribution in [2.45, 2.75) is 19.9 Å². The van der Waals surface area contributed by atoms with E-state index in [-0.39, 0.29) is 12.1 Å². The fourth-order valence-corrected chi connectivity index (χ4v) is 3.84. The third kappa shape index (κ3) is 4.54. The lowest BCUT2D eigenvalue weighted by atomic mass is 10.2. The van der Waals surface area contributed by atoms with E-state index in [4.69, 9.17) is 0 Å². The fraction of sp³-hybridized carbons (Fsp3) is 0.350. The minimum atomic E-state index is -0.0543. The molecule has 11 heteroatoms. The molecule has 0 atom stereocenters. The molecule has 3 heterocycles. The number of nitrogens with zero attached hydrogens (tertiary/aromatic N) is 6. The highest BCUT2D eigenvalue weighted by Gasteiger charge is 2.19. The van der Waals surface area contributed by atoms with Crippen LogP contribution < -0.4 is 16.0 Å². The first-order valence-corrected chi connectivity index (χ1v) is 10.7. The van der Waals surface area contributed by atoms with Crippen LogP contribution in [-0.2, 0) is 0 Å². The summed E-state index contributed by atoms with van der Waals surface area (Å²) in [5, 5.41) is 18.5. The molecule has 160 valence electrons. The molecule has 1 aliphatic rings. The molecule has 1 saturated heterocycles. The van der Waals surface area contributed by atoms with Crippen molar-refractivity contribution in [3.63, 3.8) is 0 Å². The molecule has 0 saturated carbocycles. The molecule has 1 aromatic carbocycles. The van der Waals surface area contributed by atoms with E-state index in [1.165, 1.54) is 0 Å². The van der Waals surface area contributed by atoms with Crippen molar-refractivity contribution < 1.29 is 4.79 Å². The Bertz CT molecular complexity index is 1170. The SMILES string of the molecule is CC(C)n1cnc2c(Nc3cc(Br)cc(C#N)c3)nc(NCCN3CCNC3=O)nc21. The Morgan fingerprint density at radius 3 is 2.87 bits per heavy atom. The summed E-state index contributed by atoms with van der Waals surface area (Å²) in [7, 11) is 0. The van der Waals surface area contributed by atoms with E-state index in [0.717, 1.165) is 4.47 Å². The number of rotatable bonds is 7. The Labute approximate surface area is 187 Å². The topological polar surface area (TPSA) is 124 Å². The molecule has 4 rings (SSSR count). The lowest BCUT2D eigenvalue weighted by molar-refractivity contribution is 0.219. The third-order valence-corrected chi connectivity index (χ3v) is 5.34.